The smallest absolute Gasteiger partial charge is 0.240 e. The lowest BCUT2D eigenvalue weighted by Gasteiger charge is -2.26. The van der Waals surface area contributed by atoms with Crippen LogP contribution in [-0.2, 0) is 14.8 Å². The Morgan fingerprint density at radius 3 is 2.72 bits per heavy atom. The predicted octanol–water partition coefficient (Wildman–Crippen LogP) is 2.95. The van der Waals surface area contributed by atoms with Crippen molar-refractivity contribution >= 4 is 51.6 Å². The molecule has 0 aromatic heterocycles. The number of nitrogens with zero attached hydrogens (tertiary/aromatic N) is 2. The molecule has 7 nitrogen and oxygen atoms in total. The molecule has 10 heteroatoms. The summed E-state index contributed by atoms with van der Waals surface area (Å²) in [6, 6.07) is 6.21. The normalized spacial score (nSPS) is 15.6. The van der Waals surface area contributed by atoms with E-state index in [2.05, 4.69) is 19.9 Å². The lowest BCUT2D eigenvalue weighted by atomic mass is 9.96. The zero-order valence-electron chi connectivity index (χ0n) is 17.1. The Balaban J connectivity index is 0.00000420. The standard InChI is InChI=1S/C19H31ClN4O3S.HI/c1-3-21-19(24(2)12-7-16-8-13-27-14-9-16)22-10-11-23-28(25,26)18-6-4-5-17(20)15-18;/h4-6,15-16,23H,3,7-14H2,1-2H3,(H,21,22);1H. The van der Waals surface area contributed by atoms with E-state index in [1.807, 2.05) is 14.0 Å². The fraction of sp³-hybridized carbons (Fsp3) is 0.632. The van der Waals surface area contributed by atoms with Crippen LogP contribution >= 0.6 is 35.6 Å². The first kappa shape index (κ1) is 26.4. The monoisotopic (exact) mass is 558 g/mol. The second-order valence-electron chi connectivity index (χ2n) is 6.86. The molecule has 0 radical (unpaired) electrons. The number of ether oxygens (including phenoxy) is 1. The first-order valence-corrected chi connectivity index (χ1v) is 11.6. The summed E-state index contributed by atoms with van der Waals surface area (Å²) >= 11 is 5.87. The number of hydrogen-bond acceptors (Lipinski definition) is 4. The molecule has 0 spiro atoms. The van der Waals surface area contributed by atoms with Gasteiger partial charge in [0, 0.05) is 44.9 Å². The quantitative estimate of drug-likeness (QED) is 0.211. The minimum absolute atomic E-state index is 0. The Bertz CT molecular complexity index is 743. The van der Waals surface area contributed by atoms with Crippen LogP contribution in [0, 0.1) is 5.92 Å². The van der Waals surface area contributed by atoms with Gasteiger partial charge in [0.05, 0.1) is 11.4 Å². The predicted molar refractivity (Wildman–Crippen MR) is 129 cm³/mol. The molecular weight excluding hydrogens is 527 g/mol. The summed E-state index contributed by atoms with van der Waals surface area (Å²) in [6.45, 7) is 5.97. The van der Waals surface area contributed by atoms with E-state index in [0.29, 0.717) is 17.5 Å². The lowest BCUT2D eigenvalue weighted by molar-refractivity contribution is 0.0625. The number of hydrogen-bond donors (Lipinski definition) is 2. The highest BCUT2D eigenvalue weighted by Crippen LogP contribution is 2.18. The molecule has 1 aliphatic heterocycles. The van der Waals surface area contributed by atoms with Crippen molar-refractivity contribution in [1.82, 2.24) is 14.9 Å². The van der Waals surface area contributed by atoms with Crippen molar-refractivity contribution in [2.75, 3.05) is 46.4 Å². The van der Waals surface area contributed by atoms with E-state index in [4.69, 9.17) is 16.3 Å². The van der Waals surface area contributed by atoms with Crippen LogP contribution in [0.4, 0.5) is 0 Å². The number of nitrogens with one attached hydrogen (secondary N) is 2. The molecule has 1 heterocycles. The zero-order chi connectivity index (χ0) is 20.4. The summed E-state index contributed by atoms with van der Waals surface area (Å²) in [6.07, 6.45) is 3.34. The molecular formula is C19H32ClIN4O3S. The van der Waals surface area contributed by atoms with Crippen molar-refractivity contribution in [3.8, 4) is 0 Å². The summed E-state index contributed by atoms with van der Waals surface area (Å²) < 4.78 is 32.6. The summed E-state index contributed by atoms with van der Waals surface area (Å²) in [5.41, 5.74) is 0. The highest BCUT2D eigenvalue weighted by Gasteiger charge is 2.16. The summed E-state index contributed by atoms with van der Waals surface area (Å²) in [5.74, 6) is 1.49. The molecule has 2 N–H and O–H groups in total. The molecule has 2 rings (SSSR count). The average molecular weight is 559 g/mol. The van der Waals surface area contributed by atoms with Crippen molar-refractivity contribution in [3.05, 3.63) is 29.3 Å². The molecule has 166 valence electrons. The van der Waals surface area contributed by atoms with Crippen LogP contribution < -0.4 is 10.0 Å². The minimum Gasteiger partial charge on any atom is -0.381 e. The number of sulfonamides is 1. The molecule has 0 saturated carbocycles. The molecule has 1 aliphatic rings. The van der Waals surface area contributed by atoms with Gasteiger partial charge < -0.3 is 15.0 Å². The van der Waals surface area contributed by atoms with Gasteiger partial charge in [-0.2, -0.15) is 0 Å². The maximum Gasteiger partial charge on any atom is 0.240 e. The Labute approximate surface area is 196 Å². The third-order valence-electron chi connectivity index (χ3n) is 4.68. The molecule has 0 aliphatic carbocycles. The molecule has 1 aromatic carbocycles. The van der Waals surface area contributed by atoms with Gasteiger partial charge in [0.25, 0.3) is 0 Å². The van der Waals surface area contributed by atoms with E-state index in [-0.39, 0.29) is 35.4 Å². The van der Waals surface area contributed by atoms with E-state index in [1.165, 1.54) is 12.1 Å². The Morgan fingerprint density at radius 1 is 1.34 bits per heavy atom. The van der Waals surface area contributed by atoms with Crippen molar-refractivity contribution in [2.45, 2.75) is 31.1 Å². The average Bonchev–Trinajstić information content (AvgIpc) is 2.69. The van der Waals surface area contributed by atoms with E-state index in [9.17, 15) is 8.42 Å². The third-order valence-corrected chi connectivity index (χ3v) is 6.38. The third kappa shape index (κ3) is 9.37. The summed E-state index contributed by atoms with van der Waals surface area (Å²) in [4.78, 5) is 6.80. The zero-order valence-corrected chi connectivity index (χ0v) is 21.0. The van der Waals surface area contributed by atoms with Gasteiger partial charge in [0.15, 0.2) is 5.96 Å². The van der Waals surface area contributed by atoms with E-state index in [1.54, 1.807) is 12.1 Å². The first-order valence-electron chi connectivity index (χ1n) is 9.75. The minimum atomic E-state index is -3.59. The van der Waals surface area contributed by atoms with Crippen molar-refractivity contribution in [1.29, 1.82) is 0 Å². The second kappa shape index (κ2) is 13.6. The number of guanidine groups is 1. The highest BCUT2D eigenvalue weighted by molar-refractivity contribution is 14.0. The van der Waals surface area contributed by atoms with E-state index >= 15 is 0 Å². The SMILES string of the molecule is CCNC(=NCCNS(=O)(=O)c1cccc(Cl)c1)N(C)CCC1CCOCC1.I. The van der Waals surface area contributed by atoms with E-state index < -0.39 is 10.0 Å². The summed E-state index contributed by atoms with van der Waals surface area (Å²) in [7, 11) is -1.58. The van der Waals surface area contributed by atoms with Crippen LogP contribution in [0.1, 0.15) is 26.2 Å². The largest absolute Gasteiger partial charge is 0.381 e. The van der Waals surface area contributed by atoms with Gasteiger partial charge in [0.1, 0.15) is 0 Å². The van der Waals surface area contributed by atoms with Gasteiger partial charge in [-0.1, -0.05) is 17.7 Å². The first-order chi connectivity index (χ1) is 13.4. The second-order valence-corrected chi connectivity index (χ2v) is 9.06. The molecule has 1 fully saturated rings. The van der Waals surface area contributed by atoms with Crippen molar-refractivity contribution in [3.63, 3.8) is 0 Å². The molecule has 29 heavy (non-hydrogen) atoms. The number of aliphatic imine (C=N–C) groups is 1. The molecule has 1 aromatic rings. The maximum absolute atomic E-state index is 12.3. The number of halogens is 2. The maximum atomic E-state index is 12.3. The van der Waals surface area contributed by atoms with Crippen LogP contribution in [0.5, 0.6) is 0 Å². The van der Waals surface area contributed by atoms with Crippen molar-refractivity contribution in [2.24, 2.45) is 10.9 Å². The molecule has 0 amide bonds. The molecule has 0 bridgehead atoms. The topological polar surface area (TPSA) is 83.0 Å². The Hall–Kier alpha value is -0.620. The Morgan fingerprint density at radius 2 is 2.07 bits per heavy atom. The highest BCUT2D eigenvalue weighted by atomic mass is 127. The van der Waals surface area contributed by atoms with Crippen LogP contribution in [-0.4, -0.2) is 65.7 Å². The Kier molecular flexibility index (Phi) is 12.4. The number of benzene rings is 1. The fourth-order valence-electron chi connectivity index (χ4n) is 3.05. The van der Waals surface area contributed by atoms with Gasteiger partial charge in [-0.25, -0.2) is 13.1 Å². The molecule has 0 unspecified atom stereocenters. The molecule has 1 saturated heterocycles. The van der Waals surface area contributed by atoms with Crippen molar-refractivity contribution < 1.29 is 13.2 Å². The molecule has 0 atom stereocenters. The van der Waals surface area contributed by atoms with Gasteiger partial charge >= 0.3 is 0 Å². The number of rotatable bonds is 9. The van der Waals surface area contributed by atoms with Gasteiger partial charge in [-0.3, -0.25) is 4.99 Å². The van der Waals surface area contributed by atoms with Crippen LogP contribution in [0.3, 0.4) is 0 Å². The van der Waals surface area contributed by atoms with Gasteiger partial charge in [-0.15, -0.1) is 24.0 Å². The lowest BCUT2D eigenvalue weighted by Crippen LogP contribution is -2.40. The summed E-state index contributed by atoms with van der Waals surface area (Å²) in [5, 5.41) is 3.65. The van der Waals surface area contributed by atoms with E-state index in [0.717, 1.165) is 51.5 Å². The van der Waals surface area contributed by atoms with Crippen LogP contribution in [0.25, 0.3) is 0 Å². The van der Waals surface area contributed by atoms with Gasteiger partial charge in [0.2, 0.25) is 10.0 Å². The van der Waals surface area contributed by atoms with Gasteiger partial charge in [-0.05, 0) is 50.3 Å². The van der Waals surface area contributed by atoms with Crippen LogP contribution in [0.15, 0.2) is 34.2 Å². The van der Waals surface area contributed by atoms with Crippen LogP contribution in [0.2, 0.25) is 5.02 Å². The fourth-order valence-corrected chi connectivity index (χ4v) is 4.37.